The fourth-order valence-electron chi connectivity index (χ4n) is 1.48. The van der Waals surface area contributed by atoms with Gasteiger partial charge in [0.1, 0.15) is 6.33 Å². The predicted octanol–water partition coefficient (Wildman–Crippen LogP) is 1.71. The number of hydrogen-bond donors (Lipinski definition) is 2. The number of nitrogens with two attached hydrogens (primary N) is 1. The molecule has 0 bridgehead atoms. The number of hydrogen-bond acceptors (Lipinski definition) is 4. The molecule has 3 N–H and O–H groups in total. The molecule has 0 saturated heterocycles. The largest absolute Gasteiger partial charge is 0.399 e. The van der Waals surface area contributed by atoms with E-state index in [1.165, 1.54) is 0 Å². The quantitative estimate of drug-likeness (QED) is 0.812. The summed E-state index contributed by atoms with van der Waals surface area (Å²) in [5, 5.41) is 8.04. The van der Waals surface area contributed by atoms with Crippen LogP contribution >= 0.6 is 11.6 Å². The van der Waals surface area contributed by atoms with Gasteiger partial charge >= 0.3 is 0 Å². The van der Waals surface area contributed by atoms with Crippen LogP contribution in [0.4, 0.5) is 11.4 Å². The fourth-order valence-corrected chi connectivity index (χ4v) is 1.74. The molecule has 1 aromatic heterocycles. The summed E-state index contributed by atoms with van der Waals surface area (Å²) in [6, 6.07) is 5.40. The Kier molecular flexibility index (Phi) is 3.49. The van der Waals surface area contributed by atoms with Crippen molar-refractivity contribution in [1.29, 1.82) is 0 Å². The van der Waals surface area contributed by atoms with Gasteiger partial charge in [-0.15, -0.1) is 0 Å². The molecule has 0 atom stereocenters. The molecule has 0 radical (unpaired) electrons. The average Bonchev–Trinajstić information content (AvgIpc) is 2.68. The summed E-state index contributed by atoms with van der Waals surface area (Å²) < 4.78 is 1.69. The first-order chi connectivity index (χ1) is 8.15. The number of aryl methyl sites for hydroxylation is 1. The highest BCUT2D eigenvalue weighted by Crippen LogP contribution is 2.23. The first-order valence-electron chi connectivity index (χ1n) is 5.28. The van der Waals surface area contributed by atoms with Crippen molar-refractivity contribution in [3.63, 3.8) is 0 Å². The summed E-state index contributed by atoms with van der Waals surface area (Å²) in [6.45, 7) is 0.730. The van der Waals surface area contributed by atoms with Gasteiger partial charge in [0.15, 0.2) is 5.82 Å². The van der Waals surface area contributed by atoms with Crippen molar-refractivity contribution in [3.05, 3.63) is 35.4 Å². The van der Waals surface area contributed by atoms with Crippen molar-refractivity contribution in [2.24, 2.45) is 7.05 Å². The summed E-state index contributed by atoms with van der Waals surface area (Å²) in [7, 11) is 1.85. The van der Waals surface area contributed by atoms with Crippen LogP contribution in [-0.4, -0.2) is 21.3 Å². The van der Waals surface area contributed by atoms with Crippen LogP contribution in [0.2, 0.25) is 5.02 Å². The highest BCUT2D eigenvalue weighted by molar-refractivity contribution is 6.33. The van der Waals surface area contributed by atoms with Gasteiger partial charge < -0.3 is 11.1 Å². The van der Waals surface area contributed by atoms with Crippen LogP contribution in [0, 0.1) is 0 Å². The number of nitrogens with one attached hydrogen (secondary N) is 1. The van der Waals surface area contributed by atoms with Crippen LogP contribution in [0.3, 0.4) is 0 Å². The van der Waals surface area contributed by atoms with E-state index in [1.807, 2.05) is 19.2 Å². The highest BCUT2D eigenvalue weighted by atomic mass is 35.5. The van der Waals surface area contributed by atoms with Gasteiger partial charge in [0.25, 0.3) is 0 Å². The van der Waals surface area contributed by atoms with E-state index in [4.69, 9.17) is 17.3 Å². The van der Waals surface area contributed by atoms with Crippen LogP contribution in [0.15, 0.2) is 24.5 Å². The van der Waals surface area contributed by atoms with Gasteiger partial charge in [-0.1, -0.05) is 11.6 Å². The normalized spacial score (nSPS) is 10.5. The monoisotopic (exact) mass is 251 g/mol. The summed E-state index contributed by atoms with van der Waals surface area (Å²) in [4.78, 5) is 4.14. The maximum absolute atomic E-state index is 6.04. The van der Waals surface area contributed by atoms with E-state index in [-0.39, 0.29) is 0 Å². The van der Waals surface area contributed by atoms with E-state index >= 15 is 0 Å². The van der Waals surface area contributed by atoms with Crippen LogP contribution in [-0.2, 0) is 13.5 Å². The molecule has 0 aliphatic heterocycles. The van der Waals surface area contributed by atoms with Gasteiger partial charge in [0.05, 0.1) is 10.7 Å². The Morgan fingerprint density at radius 3 is 2.94 bits per heavy atom. The van der Waals surface area contributed by atoms with Crippen LogP contribution in [0.1, 0.15) is 5.82 Å². The first-order valence-corrected chi connectivity index (χ1v) is 5.66. The molecule has 1 aromatic carbocycles. The molecule has 0 aliphatic carbocycles. The number of aromatic nitrogens is 3. The number of nitrogens with zero attached hydrogens (tertiary/aromatic N) is 3. The summed E-state index contributed by atoms with van der Waals surface area (Å²) >= 11 is 6.04. The van der Waals surface area contributed by atoms with Crippen molar-refractivity contribution in [3.8, 4) is 0 Å². The topological polar surface area (TPSA) is 68.8 Å². The Morgan fingerprint density at radius 1 is 1.47 bits per heavy atom. The molecular weight excluding hydrogens is 238 g/mol. The molecule has 0 unspecified atom stereocenters. The second kappa shape index (κ2) is 5.05. The zero-order valence-corrected chi connectivity index (χ0v) is 10.3. The van der Waals surface area contributed by atoms with Crippen molar-refractivity contribution in [2.45, 2.75) is 6.42 Å². The van der Waals surface area contributed by atoms with E-state index in [0.717, 1.165) is 24.5 Å². The highest BCUT2D eigenvalue weighted by Gasteiger charge is 2.01. The van der Waals surface area contributed by atoms with Gasteiger partial charge in [-0.3, -0.25) is 4.68 Å². The standard InChI is InChI=1S/C11H14ClN5/c1-17-7-15-11(16-17)4-5-14-10-3-2-8(13)6-9(10)12/h2-3,6-7,14H,4-5,13H2,1H3. The van der Waals surface area contributed by atoms with E-state index in [2.05, 4.69) is 15.4 Å². The maximum atomic E-state index is 6.04. The van der Waals surface area contributed by atoms with Crippen LogP contribution < -0.4 is 11.1 Å². The Balaban J connectivity index is 1.90. The summed E-state index contributed by atoms with van der Waals surface area (Å²) in [6.07, 6.45) is 2.44. The second-order valence-electron chi connectivity index (χ2n) is 3.75. The SMILES string of the molecule is Cn1cnc(CCNc2ccc(N)cc2Cl)n1. The number of nitrogen functional groups attached to an aromatic ring is 1. The lowest BCUT2D eigenvalue weighted by Crippen LogP contribution is -2.07. The molecule has 0 saturated carbocycles. The first kappa shape index (κ1) is 11.7. The van der Waals surface area contributed by atoms with Crippen LogP contribution in [0.25, 0.3) is 0 Å². The Bertz CT molecular complexity index is 508. The summed E-state index contributed by atoms with van der Waals surface area (Å²) in [5.41, 5.74) is 7.15. The number of anilines is 2. The lowest BCUT2D eigenvalue weighted by molar-refractivity contribution is 0.742. The maximum Gasteiger partial charge on any atom is 0.152 e. The van der Waals surface area contributed by atoms with Crippen molar-refractivity contribution >= 4 is 23.0 Å². The molecule has 2 rings (SSSR count). The Hall–Kier alpha value is -1.75. The molecule has 2 aromatic rings. The molecule has 0 aliphatic rings. The van der Waals surface area contributed by atoms with E-state index < -0.39 is 0 Å². The minimum absolute atomic E-state index is 0.624. The van der Waals surface area contributed by atoms with Gasteiger partial charge in [0, 0.05) is 25.7 Å². The number of halogens is 1. The van der Waals surface area contributed by atoms with Crippen molar-refractivity contribution in [2.75, 3.05) is 17.6 Å². The number of benzene rings is 1. The third-order valence-electron chi connectivity index (χ3n) is 2.30. The minimum Gasteiger partial charge on any atom is -0.399 e. The molecule has 0 fully saturated rings. The fraction of sp³-hybridized carbons (Fsp3) is 0.273. The molecule has 6 heteroatoms. The second-order valence-corrected chi connectivity index (χ2v) is 4.16. The lowest BCUT2D eigenvalue weighted by atomic mass is 10.2. The lowest BCUT2D eigenvalue weighted by Gasteiger charge is -2.07. The smallest absolute Gasteiger partial charge is 0.152 e. The molecule has 1 heterocycles. The molecule has 5 nitrogen and oxygen atoms in total. The predicted molar refractivity (Wildman–Crippen MR) is 69.1 cm³/mol. The molecule has 0 amide bonds. The van der Waals surface area contributed by atoms with E-state index in [0.29, 0.717) is 10.7 Å². The molecular formula is C11H14ClN5. The summed E-state index contributed by atoms with van der Waals surface area (Å²) in [5.74, 6) is 0.812. The Morgan fingerprint density at radius 2 is 2.29 bits per heavy atom. The van der Waals surface area contributed by atoms with Crippen LogP contribution in [0.5, 0.6) is 0 Å². The third kappa shape index (κ3) is 3.10. The number of rotatable bonds is 4. The third-order valence-corrected chi connectivity index (χ3v) is 2.62. The average molecular weight is 252 g/mol. The molecule has 90 valence electrons. The minimum atomic E-state index is 0.624. The molecule has 0 spiro atoms. The van der Waals surface area contributed by atoms with E-state index in [1.54, 1.807) is 17.1 Å². The van der Waals surface area contributed by atoms with Crippen molar-refractivity contribution < 1.29 is 0 Å². The van der Waals surface area contributed by atoms with Crippen molar-refractivity contribution in [1.82, 2.24) is 14.8 Å². The zero-order valence-electron chi connectivity index (χ0n) is 9.52. The van der Waals surface area contributed by atoms with Gasteiger partial charge in [-0.05, 0) is 18.2 Å². The zero-order chi connectivity index (χ0) is 12.3. The van der Waals surface area contributed by atoms with Gasteiger partial charge in [-0.2, -0.15) is 5.10 Å². The van der Waals surface area contributed by atoms with Gasteiger partial charge in [-0.25, -0.2) is 4.98 Å². The molecule has 17 heavy (non-hydrogen) atoms. The Labute approximate surface area is 105 Å². The van der Waals surface area contributed by atoms with E-state index in [9.17, 15) is 0 Å². The van der Waals surface area contributed by atoms with Gasteiger partial charge in [0.2, 0.25) is 0 Å².